The number of aromatic nitrogens is 3. The van der Waals surface area contributed by atoms with Crippen molar-refractivity contribution in [2.75, 3.05) is 5.32 Å². The van der Waals surface area contributed by atoms with Crippen molar-refractivity contribution in [1.29, 1.82) is 0 Å². The first-order valence-electron chi connectivity index (χ1n) is 12.3. The molecule has 0 spiro atoms. The van der Waals surface area contributed by atoms with Gasteiger partial charge in [0.05, 0.1) is 6.54 Å². The number of amides is 1. The summed E-state index contributed by atoms with van der Waals surface area (Å²) in [6.45, 7) is 0.350. The number of anilines is 2. The molecule has 1 aliphatic carbocycles. The average Bonchev–Trinajstić information content (AvgIpc) is 3.41. The molecule has 2 aromatic carbocycles. The highest BCUT2D eigenvalue weighted by Crippen LogP contribution is 2.24. The Balaban J connectivity index is 1.40. The summed E-state index contributed by atoms with van der Waals surface area (Å²) in [5, 5.41) is 6.72. The first kappa shape index (κ1) is 25.4. The zero-order valence-corrected chi connectivity index (χ0v) is 21.1. The Hall–Kier alpha value is -4.24. The lowest BCUT2D eigenvalue weighted by Crippen LogP contribution is -2.37. The summed E-state index contributed by atoms with van der Waals surface area (Å²) in [4.78, 5) is 33.7. The minimum atomic E-state index is -0.633. The minimum absolute atomic E-state index is 0.0113. The second kappa shape index (κ2) is 11.4. The van der Waals surface area contributed by atoms with E-state index in [1.165, 1.54) is 18.3 Å². The van der Waals surface area contributed by atoms with Gasteiger partial charge in [-0.1, -0.05) is 42.6 Å². The molecule has 2 aromatic heterocycles. The molecule has 194 valence electrons. The fraction of sp³-hybridized carbons (Fsp3) is 0.214. The maximum absolute atomic E-state index is 13.3. The normalized spacial score (nSPS) is 13.3. The van der Waals surface area contributed by atoms with Gasteiger partial charge in [-0.2, -0.15) is 14.4 Å². The van der Waals surface area contributed by atoms with Crippen LogP contribution >= 0.6 is 11.6 Å². The number of carbonyl (C=O) groups excluding carboxylic acids is 1. The van der Waals surface area contributed by atoms with E-state index >= 15 is 0 Å². The van der Waals surface area contributed by atoms with Crippen LogP contribution in [0.15, 0.2) is 77.7 Å². The second-order valence-electron chi connectivity index (χ2n) is 9.04. The van der Waals surface area contributed by atoms with Crippen molar-refractivity contribution in [3.63, 3.8) is 0 Å². The molecule has 2 heterocycles. The van der Waals surface area contributed by atoms with Crippen LogP contribution in [0.1, 0.15) is 41.6 Å². The Morgan fingerprint density at radius 3 is 2.47 bits per heavy atom. The molecule has 1 aliphatic rings. The van der Waals surface area contributed by atoms with E-state index < -0.39 is 17.4 Å². The number of benzene rings is 2. The number of carbonyl (C=O) groups is 1. The molecular weight excluding hydrogens is 509 g/mol. The van der Waals surface area contributed by atoms with Gasteiger partial charge in [-0.25, -0.2) is 0 Å². The lowest BCUT2D eigenvalue weighted by molar-refractivity contribution is 0.0935. The molecule has 2 N–H and O–H groups in total. The summed E-state index contributed by atoms with van der Waals surface area (Å²) in [6.07, 6.45) is 5.48. The topological polar surface area (TPSA) is 98.1 Å². The number of nitrogens with one attached hydrogen (secondary N) is 2. The highest BCUT2D eigenvalue weighted by atomic mass is 35.5. The van der Waals surface area contributed by atoms with Crippen LogP contribution < -0.4 is 20.9 Å². The van der Waals surface area contributed by atoms with Crippen molar-refractivity contribution >= 4 is 29.1 Å². The van der Waals surface area contributed by atoms with Crippen LogP contribution in [0.2, 0.25) is 5.02 Å². The predicted octanol–water partition coefficient (Wildman–Crippen LogP) is 5.69. The SMILES string of the molecule is O=C(NC1CCCC1)c1cn(Cc2ccc(Cl)cc2)c(Nc2ccc(Oc3cccc(F)n3)cc2)nc1=O. The molecule has 8 nitrogen and oxygen atoms in total. The Morgan fingerprint density at radius 2 is 1.76 bits per heavy atom. The summed E-state index contributed by atoms with van der Waals surface area (Å²) in [5.41, 5.74) is 0.913. The first-order valence-corrected chi connectivity index (χ1v) is 12.6. The number of pyridine rings is 1. The van der Waals surface area contributed by atoms with E-state index in [0.29, 0.717) is 23.0 Å². The molecule has 4 aromatic rings. The molecule has 1 saturated carbocycles. The Bertz CT molecular complexity index is 1490. The molecule has 10 heteroatoms. The van der Waals surface area contributed by atoms with Gasteiger partial charge in [0.15, 0.2) is 0 Å². The van der Waals surface area contributed by atoms with E-state index in [2.05, 4.69) is 20.6 Å². The lowest BCUT2D eigenvalue weighted by atomic mass is 10.2. The number of rotatable bonds is 8. The van der Waals surface area contributed by atoms with E-state index in [1.54, 1.807) is 47.0 Å². The van der Waals surface area contributed by atoms with Gasteiger partial charge in [-0.15, -0.1) is 0 Å². The van der Waals surface area contributed by atoms with Crippen LogP contribution in [-0.4, -0.2) is 26.5 Å². The number of ether oxygens (including phenoxy) is 1. The molecule has 1 fully saturated rings. The zero-order valence-electron chi connectivity index (χ0n) is 20.4. The van der Waals surface area contributed by atoms with Gasteiger partial charge in [0, 0.05) is 29.0 Å². The number of halogens is 2. The van der Waals surface area contributed by atoms with Crippen LogP contribution in [0.5, 0.6) is 11.6 Å². The van der Waals surface area contributed by atoms with Crippen LogP contribution in [0.3, 0.4) is 0 Å². The van der Waals surface area contributed by atoms with Crippen LogP contribution in [0.25, 0.3) is 0 Å². The molecule has 0 aliphatic heterocycles. The smallest absolute Gasteiger partial charge is 0.287 e. The first-order chi connectivity index (χ1) is 18.4. The largest absolute Gasteiger partial charge is 0.439 e. The Morgan fingerprint density at radius 1 is 1.03 bits per heavy atom. The fourth-order valence-corrected chi connectivity index (χ4v) is 4.42. The highest BCUT2D eigenvalue weighted by molar-refractivity contribution is 6.30. The molecule has 5 rings (SSSR count). The average molecular weight is 534 g/mol. The van der Waals surface area contributed by atoms with Crippen LogP contribution in [0, 0.1) is 5.95 Å². The molecule has 0 unspecified atom stereocenters. The summed E-state index contributed by atoms with van der Waals surface area (Å²) >= 11 is 6.03. The summed E-state index contributed by atoms with van der Waals surface area (Å²) in [7, 11) is 0. The van der Waals surface area contributed by atoms with Crippen molar-refractivity contribution in [2.24, 2.45) is 0 Å². The van der Waals surface area contributed by atoms with E-state index in [9.17, 15) is 14.0 Å². The summed E-state index contributed by atoms with van der Waals surface area (Å²) in [6, 6.07) is 18.5. The Kier molecular flexibility index (Phi) is 7.65. The van der Waals surface area contributed by atoms with Crippen LogP contribution in [-0.2, 0) is 6.54 Å². The van der Waals surface area contributed by atoms with Gasteiger partial charge in [0.25, 0.3) is 11.5 Å². The number of hydrogen-bond donors (Lipinski definition) is 2. The molecule has 0 bridgehead atoms. The predicted molar refractivity (Wildman–Crippen MR) is 143 cm³/mol. The summed E-state index contributed by atoms with van der Waals surface area (Å²) < 4.78 is 20.6. The lowest BCUT2D eigenvalue weighted by Gasteiger charge is -2.17. The third kappa shape index (κ3) is 6.36. The van der Waals surface area contributed by atoms with Crippen LogP contribution in [0.4, 0.5) is 16.0 Å². The Labute approximate surface area is 223 Å². The van der Waals surface area contributed by atoms with Crippen molar-refractivity contribution < 1.29 is 13.9 Å². The van der Waals surface area contributed by atoms with Gasteiger partial charge in [-0.3, -0.25) is 9.59 Å². The third-order valence-corrected chi connectivity index (χ3v) is 6.47. The zero-order chi connectivity index (χ0) is 26.5. The van der Waals surface area contributed by atoms with Gasteiger partial charge in [-0.05, 0) is 60.9 Å². The molecule has 0 atom stereocenters. The molecular formula is C28H25ClFN5O3. The summed E-state index contributed by atoms with van der Waals surface area (Å²) in [5.74, 6) is -0.193. The maximum atomic E-state index is 13.3. The second-order valence-corrected chi connectivity index (χ2v) is 9.48. The van der Waals surface area contributed by atoms with E-state index in [-0.39, 0.29) is 23.4 Å². The minimum Gasteiger partial charge on any atom is -0.439 e. The molecule has 0 saturated heterocycles. The number of hydrogen-bond acceptors (Lipinski definition) is 6. The third-order valence-electron chi connectivity index (χ3n) is 6.22. The fourth-order valence-electron chi connectivity index (χ4n) is 4.29. The van der Waals surface area contributed by atoms with Crippen molar-refractivity contribution in [1.82, 2.24) is 19.9 Å². The molecule has 38 heavy (non-hydrogen) atoms. The maximum Gasteiger partial charge on any atom is 0.287 e. The number of nitrogens with zero attached hydrogens (tertiary/aromatic N) is 3. The van der Waals surface area contributed by atoms with E-state index in [0.717, 1.165) is 31.2 Å². The standard InChI is InChI=1S/C28H25ClFN5O3/c29-19-10-8-18(9-11-19)16-35-17-23(26(36)31-20-4-1-2-5-20)27(37)34-28(35)32-21-12-14-22(15-13-21)38-25-7-3-6-24(30)33-25/h3,6-15,17,20H,1-2,4-5,16H2,(H,31,36)(H,32,34,37). The molecule has 0 radical (unpaired) electrons. The van der Waals surface area contributed by atoms with E-state index in [1.807, 2.05) is 12.1 Å². The van der Waals surface area contributed by atoms with Gasteiger partial charge >= 0.3 is 0 Å². The van der Waals surface area contributed by atoms with E-state index in [4.69, 9.17) is 16.3 Å². The van der Waals surface area contributed by atoms with Gasteiger partial charge < -0.3 is 19.9 Å². The highest BCUT2D eigenvalue weighted by Gasteiger charge is 2.21. The molecule has 1 amide bonds. The van der Waals surface area contributed by atoms with Crippen molar-refractivity contribution in [3.05, 3.63) is 105 Å². The van der Waals surface area contributed by atoms with Gasteiger partial charge in [0.2, 0.25) is 17.8 Å². The van der Waals surface area contributed by atoms with Crippen molar-refractivity contribution in [3.8, 4) is 11.6 Å². The quantitative estimate of drug-likeness (QED) is 0.282. The van der Waals surface area contributed by atoms with Crippen molar-refractivity contribution in [2.45, 2.75) is 38.3 Å². The van der Waals surface area contributed by atoms with Gasteiger partial charge in [0.1, 0.15) is 11.3 Å². The monoisotopic (exact) mass is 533 g/mol.